The lowest BCUT2D eigenvalue weighted by Crippen LogP contribution is -2.24. The minimum atomic E-state index is -0.741. The summed E-state index contributed by atoms with van der Waals surface area (Å²) < 4.78 is 0. The van der Waals surface area contributed by atoms with Crippen molar-refractivity contribution in [2.75, 3.05) is 0 Å². The maximum Gasteiger partial charge on any atom is 0.332 e. The SMILES string of the molecule is NC(=O)NN=Cc1cccc(C=NNC(N)=O)c1. The first kappa shape index (κ1) is 13.2. The highest BCUT2D eigenvalue weighted by atomic mass is 16.2. The van der Waals surface area contributed by atoms with Crippen molar-refractivity contribution in [1.82, 2.24) is 10.9 Å². The second-order valence-corrected chi connectivity index (χ2v) is 3.14. The molecule has 0 saturated carbocycles. The van der Waals surface area contributed by atoms with E-state index in [2.05, 4.69) is 21.1 Å². The first-order valence-electron chi connectivity index (χ1n) is 4.85. The number of nitrogens with one attached hydrogen (secondary N) is 2. The van der Waals surface area contributed by atoms with Gasteiger partial charge in [0.05, 0.1) is 12.4 Å². The number of hydrazone groups is 2. The molecule has 0 aliphatic rings. The summed E-state index contributed by atoms with van der Waals surface area (Å²) in [6.07, 6.45) is 2.84. The quantitative estimate of drug-likeness (QED) is 0.429. The van der Waals surface area contributed by atoms with E-state index in [9.17, 15) is 9.59 Å². The molecule has 0 unspecified atom stereocenters. The highest BCUT2D eigenvalue weighted by Gasteiger charge is 1.92. The van der Waals surface area contributed by atoms with E-state index in [-0.39, 0.29) is 0 Å². The summed E-state index contributed by atoms with van der Waals surface area (Å²) in [5, 5.41) is 7.21. The number of primary amides is 2. The van der Waals surface area contributed by atoms with Gasteiger partial charge in [0.2, 0.25) is 0 Å². The number of nitrogens with two attached hydrogens (primary N) is 2. The van der Waals surface area contributed by atoms with Gasteiger partial charge >= 0.3 is 12.1 Å². The third-order valence-corrected chi connectivity index (χ3v) is 1.69. The van der Waals surface area contributed by atoms with Gasteiger partial charge in [0, 0.05) is 0 Å². The molecule has 0 aromatic heterocycles. The van der Waals surface area contributed by atoms with Gasteiger partial charge < -0.3 is 11.5 Å². The van der Waals surface area contributed by atoms with Crippen molar-refractivity contribution >= 4 is 24.5 Å². The third kappa shape index (κ3) is 5.26. The summed E-state index contributed by atoms with van der Waals surface area (Å²) >= 11 is 0. The largest absolute Gasteiger partial charge is 0.350 e. The molecule has 1 rings (SSSR count). The van der Waals surface area contributed by atoms with Gasteiger partial charge in [-0.1, -0.05) is 18.2 Å². The van der Waals surface area contributed by atoms with Gasteiger partial charge in [-0.05, 0) is 17.2 Å². The smallest absolute Gasteiger partial charge is 0.332 e. The molecule has 1 aromatic carbocycles. The number of rotatable bonds is 4. The molecule has 0 heterocycles. The van der Waals surface area contributed by atoms with Crippen molar-refractivity contribution < 1.29 is 9.59 Å². The van der Waals surface area contributed by atoms with Gasteiger partial charge in [-0.15, -0.1) is 0 Å². The summed E-state index contributed by atoms with van der Waals surface area (Å²) in [5.74, 6) is 0. The summed E-state index contributed by atoms with van der Waals surface area (Å²) in [4.78, 5) is 20.8. The molecular weight excluding hydrogens is 236 g/mol. The van der Waals surface area contributed by atoms with Crippen LogP contribution < -0.4 is 22.3 Å². The van der Waals surface area contributed by atoms with Crippen molar-refractivity contribution in [2.24, 2.45) is 21.7 Å². The average Bonchev–Trinajstić information content (AvgIpc) is 2.28. The monoisotopic (exact) mass is 248 g/mol. The molecule has 94 valence electrons. The van der Waals surface area contributed by atoms with Crippen LogP contribution in [0, 0.1) is 0 Å². The number of urea groups is 2. The fourth-order valence-electron chi connectivity index (χ4n) is 1.06. The Kier molecular flexibility index (Phi) is 4.85. The topological polar surface area (TPSA) is 135 Å². The number of carbonyl (C=O) groups excluding carboxylic acids is 2. The molecule has 0 aliphatic heterocycles. The lowest BCUT2D eigenvalue weighted by molar-refractivity contribution is 0.248. The fourth-order valence-corrected chi connectivity index (χ4v) is 1.06. The van der Waals surface area contributed by atoms with E-state index in [1.165, 1.54) is 12.4 Å². The molecule has 4 amide bonds. The number of benzene rings is 1. The Labute approximate surface area is 103 Å². The number of carbonyl (C=O) groups is 2. The first-order chi connectivity index (χ1) is 8.58. The summed E-state index contributed by atoms with van der Waals surface area (Å²) in [6.45, 7) is 0. The molecule has 6 N–H and O–H groups in total. The van der Waals surface area contributed by atoms with Gasteiger partial charge in [-0.3, -0.25) is 0 Å². The molecule has 18 heavy (non-hydrogen) atoms. The van der Waals surface area contributed by atoms with E-state index >= 15 is 0 Å². The predicted molar refractivity (Wildman–Crippen MR) is 67.1 cm³/mol. The van der Waals surface area contributed by atoms with Gasteiger partial charge in [0.1, 0.15) is 0 Å². The van der Waals surface area contributed by atoms with Crippen LogP contribution >= 0.6 is 0 Å². The van der Waals surface area contributed by atoms with Crippen LogP contribution in [0.5, 0.6) is 0 Å². The molecule has 0 saturated heterocycles. The molecule has 0 spiro atoms. The van der Waals surface area contributed by atoms with E-state index in [1.54, 1.807) is 24.3 Å². The van der Waals surface area contributed by atoms with Crippen molar-refractivity contribution in [3.8, 4) is 0 Å². The van der Waals surface area contributed by atoms with Crippen molar-refractivity contribution in [1.29, 1.82) is 0 Å². The van der Waals surface area contributed by atoms with E-state index < -0.39 is 12.1 Å². The second-order valence-electron chi connectivity index (χ2n) is 3.14. The Bertz CT molecular complexity index is 456. The molecule has 1 aromatic rings. The Hall–Kier alpha value is -2.90. The number of nitrogens with zero attached hydrogens (tertiary/aromatic N) is 2. The molecular formula is C10H12N6O2. The Morgan fingerprint density at radius 1 is 1.00 bits per heavy atom. The van der Waals surface area contributed by atoms with Gasteiger partial charge in [-0.2, -0.15) is 10.2 Å². The van der Waals surface area contributed by atoms with E-state index in [1.807, 2.05) is 0 Å². The summed E-state index contributed by atoms with van der Waals surface area (Å²) in [7, 11) is 0. The molecule has 0 aliphatic carbocycles. The summed E-state index contributed by atoms with van der Waals surface area (Å²) in [6, 6.07) is 5.55. The first-order valence-corrected chi connectivity index (χ1v) is 4.85. The maximum absolute atomic E-state index is 10.4. The predicted octanol–water partition coefficient (Wildman–Crippen LogP) is -0.309. The maximum atomic E-state index is 10.4. The van der Waals surface area contributed by atoms with Gasteiger partial charge in [-0.25, -0.2) is 20.4 Å². The second kappa shape index (κ2) is 6.63. The van der Waals surface area contributed by atoms with Gasteiger partial charge in [0.25, 0.3) is 0 Å². The lowest BCUT2D eigenvalue weighted by atomic mass is 10.1. The zero-order valence-corrected chi connectivity index (χ0v) is 9.33. The van der Waals surface area contributed by atoms with Crippen LogP contribution in [0.15, 0.2) is 34.5 Å². The molecule has 8 heteroatoms. The van der Waals surface area contributed by atoms with Crippen molar-refractivity contribution in [3.63, 3.8) is 0 Å². The zero-order chi connectivity index (χ0) is 13.4. The highest BCUT2D eigenvalue weighted by molar-refractivity contribution is 5.87. The molecule has 0 atom stereocenters. The van der Waals surface area contributed by atoms with Crippen LogP contribution in [0.4, 0.5) is 9.59 Å². The molecule has 0 bridgehead atoms. The van der Waals surface area contributed by atoms with Crippen LogP contribution in [-0.2, 0) is 0 Å². The Morgan fingerprint density at radius 3 is 1.83 bits per heavy atom. The number of amides is 4. The third-order valence-electron chi connectivity index (χ3n) is 1.69. The Morgan fingerprint density at radius 2 is 1.44 bits per heavy atom. The molecule has 8 nitrogen and oxygen atoms in total. The normalized spacial score (nSPS) is 10.7. The van der Waals surface area contributed by atoms with Gasteiger partial charge in [0.15, 0.2) is 0 Å². The van der Waals surface area contributed by atoms with E-state index in [0.717, 1.165) is 11.1 Å². The Balaban J connectivity index is 2.67. The number of hydrogen-bond acceptors (Lipinski definition) is 4. The molecule has 0 radical (unpaired) electrons. The van der Waals surface area contributed by atoms with Crippen LogP contribution in [0.3, 0.4) is 0 Å². The van der Waals surface area contributed by atoms with Crippen LogP contribution in [0.2, 0.25) is 0 Å². The summed E-state index contributed by atoms with van der Waals surface area (Å²) in [5.41, 5.74) is 15.3. The molecule has 0 fully saturated rings. The number of hydrogen-bond donors (Lipinski definition) is 4. The van der Waals surface area contributed by atoms with Crippen LogP contribution in [-0.4, -0.2) is 24.5 Å². The standard InChI is InChI=1S/C10H12N6O2/c11-9(17)15-13-5-7-2-1-3-8(4-7)6-14-16-10(12)18/h1-6H,(H3,11,15,17)(H3,12,16,18). The van der Waals surface area contributed by atoms with E-state index in [0.29, 0.717) is 0 Å². The van der Waals surface area contributed by atoms with Crippen molar-refractivity contribution in [2.45, 2.75) is 0 Å². The minimum Gasteiger partial charge on any atom is -0.350 e. The van der Waals surface area contributed by atoms with Crippen LogP contribution in [0.25, 0.3) is 0 Å². The average molecular weight is 248 g/mol. The van der Waals surface area contributed by atoms with Crippen LogP contribution in [0.1, 0.15) is 11.1 Å². The van der Waals surface area contributed by atoms with E-state index in [4.69, 9.17) is 11.5 Å². The fraction of sp³-hybridized carbons (Fsp3) is 0. The minimum absolute atomic E-state index is 0.728. The highest BCUT2D eigenvalue weighted by Crippen LogP contribution is 2.00. The lowest BCUT2D eigenvalue weighted by Gasteiger charge is -1.96. The van der Waals surface area contributed by atoms with Crippen molar-refractivity contribution in [3.05, 3.63) is 35.4 Å². The zero-order valence-electron chi connectivity index (χ0n) is 9.33.